The summed E-state index contributed by atoms with van der Waals surface area (Å²) >= 11 is 0. The number of guanidine groups is 1. The van der Waals surface area contributed by atoms with Gasteiger partial charge in [0, 0.05) is 39.7 Å². The Morgan fingerprint density at radius 1 is 1.16 bits per heavy atom. The molecule has 0 fully saturated rings. The molecule has 0 saturated carbocycles. The Kier molecular flexibility index (Phi) is 10.3. The number of carbonyl (C=O) groups excluding carboxylic acids is 1. The molecule has 1 atom stereocenters. The van der Waals surface area contributed by atoms with Crippen molar-refractivity contribution in [3.8, 4) is 0 Å². The molecule has 25 heavy (non-hydrogen) atoms. The van der Waals surface area contributed by atoms with E-state index in [1.54, 1.807) is 7.11 Å². The molecule has 0 heterocycles. The van der Waals surface area contributed by atoms with Gasteiger partial charge in [0.15, 0.2) is 5.96 Å². The van der Waals surface area contributed by atoms with Crippen LogP contribution in [-0.2, 0) is 9.53 Å². The lowest BCUT2D eigenvalue weighted by molar-refractivity contribution is -0.130. The molecule has 140 valence electrons. The van der Waals surface area contributed by atoms with Crippen LogP contribution in [0.3, 0.4) is 0 Å². The zero-order chi connectivity index (χ0) is 18.5. The molecule has 1 unspecified atom stereocenters. The predicted octanol–water partition coefficient (Wildman–Crippen LogP) is 2.19. The van der Waals surface area contributed by atoms with E-state index in [1.165, 1.54) is 0 Å². The number of benzene rings is 1. The second-order valence-electron chi connectivity index (χ2n) is 5.60. The lowest BCUT2D eigenvalue weighted by Crippen LogP contribution is -2.40. The maximum Gasteiger partial charge on any atom is 0.224 e. The molecule has 0 radical (unpaired) electrons. The SMILES string of the molecule is CCNC(=NCC(OC)c1ccccc1)NCCC(=O)N(CC)CC. The van der Waals surface area contributed by atoms with Crippen LogP contribution in [-0.4, -0.2) is 56.6 Å². The van der Waals surface area contributed by atoms with E-state index in [4.69, 9.17) is 4.74 Å². The highest BCUT2D eigenvalue weighted by molar-refractivity contribution is 5.81. The topological polar surface area (TPSA) is 66.0 Å². The molecule has 0 aromatic heterocycles. The lowest BCUT2D eigenvalue weighted by Gasteiger charge is -2.19. The van der Waals surface area contributed by atoms with Crippen LogP contribution in [0.4, 0.5) is 0 Å². The van der Waals surface area contributed by atoms with Crippen molar-refractivity contribution in [1.29, 1.82) is 0 Å². The summed E-state index contributed by atoms with van der Waals surface area (Å²) in [6.45, 7) is 9.34. The Morgan fingerprint density at radius 2 is 1.84 bits per heavy atom. The third kappa shape index (κ3) is 7.56. The van der Waals surface area contributed by atoms with E-state index in [2.05, 4.69) is 15.6 Å². The molecule has 6 heteroatoms. The van der Waals surface area contributed by atoms with E-state index in [9.17, 15) is 4.79 Å². The first-order chi connectivity index (χ1) is 12.2. The van der Waals surface area contributed by atoms with Crippen molar-refractivity contribution < 1.29 is 9.53 Å². The molecule has 0 aliphatic rings. The highest BCUT2D eigenvalue weighted by Crippen LogP contribution is 2.16. The van der Waals surface area contributed by atoms with Crippen LogP contribution in [0.5, 0.6) is 0 Å². The molecule has 0 aliphatic carbocycles. The van der Waals surface area contributed by atoms with Crippen LogP contribution >= 0.6 is 0 Å². The molecule has 0 saturated heterocycles. The van der Waals surface area contributed by atoms with E-state index >= 15 is 0 Å². The highest BCUT2D eigenvalue weighted by atomic mass is 16.5. The summed E-state index contributed by atoms with van der Waals surface area (Å²) in [5.74, 6) is 0.861. The number of amides is 1. The number of nitrogens with zero attached hydrogens (tertiary/aromatic N) is 2. The van der Waals surface area contributed by atoms with Gasteiger partial charge in [-0.25, -0.2) is 0 Å². The van der Waals surface area contributed by atoms with E-state index in [-0.39, 0.29) is 12.0 Å². The van der Waals surface area contributed by atoms with Crippen molar-refractivity contribution >= 4 is 11.9 Å². The first-order valence-corrected chi connectivity index (χ1v) is 9.03. The fourth-order valence-electron chi connectivity index (χ4n) is 2.52. The van der Waals surface area contributed by atoms with Gasteiger partial charge in [0.1, 0.15) is 6.10 Å². The molecule has 1 aromatic carbocycles. The third-order valence-electron chi connectivity index (χ3n) is 3.96. The summed E-state index contributed by atoms with van der Waals surface area (Å²) in [6.07, 6.45) is 0.368. The Labute approximate surface area is 151 Å². The molecule has 1 amide bonds. The standard InChI is InChI=1S/C19H32N4O2/c1-5-20-19(21-14-13-18(24)23(6-2)7-3)22-15-17(25-4)16-11-9-8-10-12-16/h8-12,17H,5-7,13-15H2,1-4H3,(H2,20,21,22). The molecule has 1 rings (SSSR count). The van der Waals surface area contributed by atoms with Gasteiger partial charge in [-0.2, -0.15) is 0 Å². The molecule has 2 N–H and O–H groups in total. The van der Waals surface area contributed by atoms with Gasteiger partial charge in [-0.1, -0.05) is 30.3 Å². The summed E-state index contributed by atoms with van der Waals surface area (Å²) in [4.78, 5) is 18.5. The van der Waals surface area contributed by atoms with Crippen molar-refractivity contribution in [3.05, 3.63) is 35.9 Å². The van der Waals surface area contributed by atoms with Crippen LogP contribution in [0.15, 0.2) is 35.3 Å². The largest absolute Gasteiger partial charge is 0.375 e. The molecule has 6 nitrogen and oxygen atoms in total. The Hall–Kier alpha value is -2.08. The second-order valence-corrected chi connectivity index (χ2v) is 5.60. The number of ether oxygens (including phenoxy) is 1. The minimum absolute atomic E-state index is 0.0889. The van der Waals surface area contributed by atoms with Crippen molar-refractivity contribution in [2.45, 2.75) is 33.3 Å². The van der Waals surface area contributed by atoms with Crippen LogP contribution in [0.25, 0.3) is 0 Å². The van der Waals surface area contributed by atoms with Crippen LogP contribution in [0.1, 0.15) is 38.9 Å². The van der Waals surface area contributed by atoms with E-state index in [1.807, 2.05) is 56.0 Å². The molecule has 0 spiro atoms. The first-order valence-electron chi connectivity index (χ1n) is 9.03. The molecule has 1 aromatic rings. The van der Waals surface area contributed by atoms with E-state index in [0.29, 0.717) is 25.5 Å². The van der Waals surface area contributed by atoms with Crippen molar-refractivity contribution in [2.24, 2.45) is 4.99 Å². The van der Waals surface area contributed by atoms with E-state index in [0.717, 1.165) is 25.2 Å². The lowest BCUT2D eigenvalue weighted by atomic mass is 10.1. The maximum absolute atomic E-state index is 12.0. The van der Waals surface area contributed by atoms with Gasteiger partial charge in [-0.05, 0) is 26.3 Å². The smallest absolute Gasteiger partial charge is 0.224 e. The number of carbonyl (C=O) groups is 1. The van der Waals surface area contributed by atoms with Crippen molar-refractivity contribution in [3.63, 3.8) is 0 Å². The number of hydrogen-bond donors (Lipinski definition) is 2. The number of hydrogen-bond acceptors (Lipinski definition) is 3. The van der Waals surface area contributed by atoms with Gasteiger partial charge < -0.3 is 20.3 Å². The molecular formula is C19H32N4O2. The summed E-state index contributed by atoms with van der Waals surface area (Å²) in [5.41, 5.74) is 1.10. The summed E-state index contributed by atoms with van der Waals surface area (Å²) in [6, 6.07) is 10.0. The van der Waals surface area contributed by atoms with Gasteiger partial charge in [-0.3, -0.25) is 9.79 Å². The fourth-order valence-corrected chi connectivity index (χ4v) is 2.52. The average Bonchev–Trinajstić information content (AvgIpc) is 2.64. The minimum Gasteiger partial charge on any atom is -0.375 e. The van der Waals surface area contributed by atoms with Crippen LogP contribution in [0, 0.1) is 0 Å². The third-order valence-corrected chi connectivity index (χ3v) is 3.96. The normalized spacial score (nSPS) is 12.6. The fraction of sp³-hybridized carbons (Fsp3) is 0.579. The van der Waals surface area contributed by atoms with Gasteiger partial charge in [0.05, 0.1) is 6.54 Å². The minimum atomic E-state index is -0.0889. The monoisotopic (exact) mass is 348 g/mol. The zero-order valence-corrected chi connectivity index (χ0v) is 15.9. The highest BCUT2D eigenvalue weighted by Gasteiger charge is 2.11. The molecular weight excluding hydrogens is 316 g/mol. The Morgan fingerprint density at radius 3 is 2.40 bits per heavy atom. The van der Waals surface area contributed by atoms with E-state index < -0.39 is 0 Å². The number of aliphatic imine (C=N–C) groups is 1. The Balaban J connectivity index is 2.57. The second kappa shape index (κ2) is 12.3. The average molecular weight is 348 g/mol. The maximum atomic E-state index is 12.0. The van der Waals surface area contributed by atoms with Gasteiger partial charge in [0.2, 0.25) is 5.91 Å². The summed E-state index contributed by atoms with van der Waals surface area (Å²) in [7, 11) is 1.69. The summed E-state index contributed by atoms with van der Waals surface area (Å²) in [5, 5.41) is 6.42. The molecule has 0 bridgehead atoms. The predicted molar refractivity (Wildman–Crippen MR) is 103 cm³/mol. The van der Waals surface area contributed by atoms with Gasteiger partial charge in [-0.15, -0.1) is 0 Å². The Bertz CT molecular complexity index is 515. The number of methoxy groups -OCH3 is 1. The quantitative estimate of drug-likeness (QED) is 0.502. The first kappa shape index (κ1) is 21.0. The van der Waals surface area contributed by atoms with Gasteiger partial charge in [0.25, 0.3) is 0 Å². The summed E-state index contributed by atoms with van der Waals surface area (Å²) < 4.78 is 5.54. The van der Waals surface area contributed by atoms with Crippen molar-refractivity contribution in [2.75, 3.05) is 39.8 Å². The van der Waals surface area contributed by atoms with Gasteiger partial charge >= 0.3 is 0 Å². The number of nitrogens with one attached hydrogen (secondary N) is 2. The van der Waals surface area contributed by atoms with Crippen LogP contribution < -0.4 is 10.6 Å². The van der Waals surface area contributed by atoms with Crippen molar-refractivity contribution in [1.82, 2.24) is 15.5 Å². The van der Waals surface area contributed by atoms with Crippen LogP contribution in [0.2, 0.25) is 0 Å². The zero-order valence-electron chi connectivity index (χ0n) is 15.9. The number of rotatable bonds is 10. The molecule has 0 aliphatic heterocycles.